The number of rotatable bonds is 1. The van der Waals surface area contributed by atoms with Crippen LogP contribution in [-0.4, -0.2) is 7.11 Å². The van der Waals surface area contributed by atoms with Gasteiger partial charge in [-0.1, -0.05) is 11.6 Å². The van der Waals surface area contributed by atoms with Gasteiger partial charge in [0, 0.05) is 4.90 Å². The smallest absolute Gasteiger partial charge is 0.158 e. The number of methoxy groups -OCH3 is 1. The molecule has 11 heavy (non-hydrogen) atoms. The van der Waals surface area contributed by atoms with Gasteiger partial charge in [-0.2, -0.15) is 0 Å². The largest absolute Gasteiger partial charge is 0.495 e. The highest BCUT2D eigenvalue weighted by Crippen LogP contribution is 2.30. The van der Waals surface area contributed by atoms with Gasteiger partial charge < -0.3 is 4.74 Å². The zero-order chi connectivity index (χ0) is 8.43. The Bertz CT molecular complexity index is 277. The highest BCUT2D eigenvalue weighted by molar-refractivity contribution is 7.80. The van der Waals surface area contributed by atoms with Crippen LogP contribution in [0.2, 0.25) is 5.02 Å². The molecule has 0 aliphatic carbocycles. The predicted molar refractivity (Wildman–Crippen MR) is 45.2 cm³/mol. The second-order valence-electron chi connectivity index (χ2n) is 1.91. The van der Waals surface area contributed by atoms with Crippen LogP contribution in [0.4, 0.5) is 4.39 Å². The number of halogens is 2. The van der Waals surface area contributed by atoms with E-state index in [0.29, 0.717) is 5.75 Å². The van der Waals surface area contributed by atoms with Gasteiger partial charge in [0.2, 0.25) is 0 Å². The number of hydrogen-bond donors (Lipinski definition) is 1. The minimum absolute atomic E-state index is 0.0278. The molecule has 1 rings (SSSR count). The monoisotopic (exact) mass is 192 g/mol. The highest BCUT2D eigenvalue weighted by atomic mass is 35.5. The van der Waals surface area contributed by atoms with Crippen LogP contribution in [0.15, 0.2) is 17.0 Å². The molecular formula is C7H6ClFOS. The number of thiol groups is 1. The second-order valence-corrected chi connectivity index (χ2v) is 2.77. The molecule has 0 aliphatic heterocycles. The molecule has 0 aromatic heterocycles. The molecule has 0 radical (unpaired) electrons. The van der Waals surface area contributed by atoms with Crippen molar-refractivity contribution in [2.24, 2.45) is 0 Å². The van der Waals surface area contributed by atoms with Gasteiger partial charge in [-0.3, -0.25) is 0 Å². The molecule has 4 heteroatoms. The SMILES string of the molecule is COc1ccc(S)c(F)c1Cl. The Morgan fingerprint density at radius 2 is 2.18 bits per heavy atom. The third kappa shape index (κ3) is 1.60. The van der Waals surface area contributed by atoms with Crippen LogP contribution < -0.4 is 4.74 Å². The van der Waals surface area contributed by atoms with Crippen LogP contribution in [0.3, 0.4) is 0 Å². The third-order valence-electron chi connectivity index (χ3n) is 1.25. The van der Waals surface area contributed by atoms with Crippen molar-refractivity contribution in [2.45, 2.75) is 4.90 Å². The summed E-state index contributed by atoms with van der Waals surface area (Å²) in [5, 5.41) is -0.0278. The summed E-state index contributed by atoms with van der Waals surface area (Å²) in [4.78, 5) is 0.218. The van der Waals surface area contributed by atoms with Gasteiger partial charge in [0.05, 0.1) is 7.11 Å². The van der Waals surface area contributed by atoms with Crippen LogP contribution in [0.1, 0.15) is 0 Å². The van der Waals surface area contributed by atoms with Crippen molar-refractivity contribution in [1.82, 2.24) is 0 Å². The van der Waals surface area contributed by atoms with Gasteiger partial charge in [-0.25, -0.2) is 4.39 Å². The number of hydrogen-bond acceptors (Lipinski definition) is 2. The Hall–Kier alpha value is -0.410. The van der Waals surface area contributed by atoms with E-state index in [0.717, 1.165) is 0 Å². The van der Waals surface area contributed by atoms with Crippen LogP contribution in [0, 0.1) is 5.82 Å². The molecule has 0 saturated carbocycles. The molecule has 0 bridgehead atoms. The molecular weight excluding hydrogens is 187 g/mol. The molecule has 0 fully saturated rings. The molecule has 0 atom stereocenters. The van der Waals surface area contributed by atoms with Gasteiger partial charge >= 0.3 is 0 Å². The molecule has 0 aliphatic rings. The summed E-state index contributed by atoms with van der Waals surface area (Å²) < 4.78 is 17.7. The average molecular weight is 193 g/mol. The van der Waals surface area contributed by atoms with E-state index in [-0.39, 0.29) is 9.92 Å². The summed E-state index contributed by atoms with van der Waals surface area (Å²) in [6.45, 7) is 0. The fourth-order valence-corrected chi connectivity index (χ4v) is 1.17. The van der Waals surface area contributed by atoms with Crippen LogP contribution in [0.25, 0.3) is 0 Å². The maximum atomic E-state index is 12.9. The van der Waals surface area contributed by atoms with Crippen molar-refractivity contribution in [2.75, 3.05) is 7.11 Å². The second kappa shape index (κ2) is 3.32. The third-order valence-corrected chi connectivity index (χ3v) is 1.94. The molecule has 0 heterocycles. The van der Waals surface area contributed by atoms with E-state index in [1.165, 1.54) is 13.2 Å². The lowest BCUT2D eigenvalue weighted by Gasteiger charge is -2.03. The first kappa shape index (κ1) is 8.68. The van der Waals surface area contributed by atoms with Gasteiger partial charge in [0.15, 0.2) is 5.82 Å². The summed E-state index contributed by atoms with van der Waals surface area (Å²) in [6, 6.07) is 3.05. The minimum Gasteiger partial charge on any atom is -0.495 e. The standard InChI is InChI=1S/C7H6ClFOS/c1-10-4-2-3-5(11)7(9)6(4)8/h2-3,11H,1H3. The Kier molecular flexibility index (Phi) is 2.62. The summed E-state index contributed by atoms with van der Waals surface area (Å²) in [5.41, 5.74) is 0. The van der Waals surface area contributed by atoms with E-state index >= 15 is 0 Å². The normalized spacial score (nSPS) is 9.82. The van der Waals surface area contributed by atoms with E-state index in [1.54, 1.807) is 6.07 Å². The fourth-order valence-electron chi connectivity index (χ4n) is 0.679. The van der Waals surface area contributed by atoms with Crippen molar-refractivity contribution >= 4 is 24.2 Å². The van der Waals surface area contributed by atoms with Crippen LogP contribution in [0.5, 0.6) is 5.75 Å². The number of benzene rings is 1. The topological polar surface area (TPSA) is 9.23 Å². The zero-order valence-corrected chi connectivity index (χ0v) is 7.42. The summed E-state index contributed by atoms with van der Waals surface area (Å²) >= 11 is 9.39. The minimum atomic E-state index is -0.547. The summed E-state index contributed by atoms with van der Waals surface area (Å²) in [6.07, 6.45) is 0. The molecule has 1 aromatic rings. The quantitative estimate of drug-likeness (QED) is 0.674. The predicted octanol–water partition coefficient (Wildman–Crippen LogP) is 2.78. The fraction of sp³-hybridized carbons (Fsp3) is 0.143. The zero-order valence-electron chi connectivity index (χ0n) is 5.77. The van der Waals surface area contributed by atoms with Crippen molar-refractivity contribution in [3.8, 4) is 5.75 Å². The lowest BCUT2D eigenvalue weighted by molar-refractivity contribution is 0.410. The first-order valence-corrected chi connectivity index (χ1v) is 3.70. The average Bonchev–Trinajstić information content (AvgIpc) is 2.01. The van der Waals surface area contributed by atoms with Gasteiger partial charge in [0.1, 0.15) is 10.8 Å². The summed E-state index contributed by atoms with van der Waals surface area (Å²) in [5.74, 6) is -0.226. The van der Waals surface area contributed by atoms with Crippen LogP contribution >= 0.6 is 24.2 Å². The maximum Gasteiger partial charge on any atom is 0.158 e. The Morgan fingerprint density at radius 1 is 1.55 bits per heavy atom. The Balaban J connectivity index is 3.25. The molecule has 60 valence electrons. The molecule has 0 saturated heterocycles. The van der Waals surface area contributed by atoms with Crippen LogP contribution in [-0.2, 0) is 0 Å². The van der Waals surface area contributed by atoms with Crippen molar-refractivity contribution < 1.29 is 9.13 Å². The molecule has 0 amide bonds. The van der Waals surface area contributed by atoms with E-state index in [9.17, 15) is 4.39 Å². The Morgan fingerprint density at radius 3 is 2.73 bits per heavy atom. The highest BCUT2D eigenvalue weighted by Gasteiger charge is 2.08. The van der Waals surface area contributed by atoms with Crippen molar-refractivity contribution in [3.63, 3.8) is 0 Å². The first-order chi connectivity index (χ1) is 5.16. The lowest BCUT2D eigenvalue weighted by Crippen LogP contribution is -1.87. The molecule has 0 unspecified atom stereocenters. The van der Waals surface area contributed by atoms with E-state index in [1.807, 2.05) is 0 Å². The molecule has 1 nitrogen and oxygen atoms in total. The first-order valence-electron chi connectivity index (χ1n) is 2.87. The van der Waals surface area contributed by atoms with Gasteiger partial charge in [-0.05, 0) is 12.1 Å². The number of ether oxygens (including phenoxy) is 1. The molecule has 1 aromatic carbocycles. The van der Waals surface area contributed by atoms with E-state index < -0.39 is 5.82 Å². The van der Waals surface area contributed by atoms with Crippen molar-refractivity contribution in [1.29, 1.82) is 0 Å². The van der Waals surface area contributed by atoms with Crippen molar-refractivity contribution in [3.05, 3.63) is 23.0 Å². The molecule has 0 N–H and O–H groups in total. The van der Waals surface area contributed by atoms with E-state index in [2.05, 4.69) is 12.6 Å². The lowest BCUT2D eigenvalue weighted by atomic mass is 10.3. The maximum absolute atomic E-state index is 12.9. The van der Waals surface area contributed by atoms with E-state index in [4.69, 9.17) is 16.3 Å². The summed E-state index contributed by atoms with van der Waals surface area (Å²) in [7, 11) is 1.43. The van der Waals surface area contributed by atoms with Gasteiger partial charge in [0.25, 0.3) is 0 Å². The Labute approximate surface area is 74.5 Å². The molecule has 0 spiro atoms. The van der Waals surface area contributed by atoms with Gasteiger partial charge in [-0.15, -0.1) is 12.6 Å².